The molecule has 3 aliphatic heterocycles. The number of carbonyl (C=O) groups excluding carboxylic acids is 10. The van der Waals surface area contributed by atoms with Gasteiger partial charge in [0.25, 0.3) is 0 Å². The van der Waals surface area contributed by atoms with Gasteiger partial charge in [-0.3, -0.25) is 47.9 Å². The average molecular weight is 1090 g/mol. The van der Waals surface area contributed by atoms with E-state index in [1.165, 1.54) is 9.80 Å². The van der Waals surface area contributed by atoms with Gasteiger partial charge in [-0.1, -0.05) is 116 Å². The number of hydrogen-bond donors (Lipinski definition) is 10. The Hall–Kier alpha value is -6.94. The van der Waals surface area contributed by atoms with Gasteiger partial charge in [-0.05, 0) is 73.3 Å². The van der Waals surface area contributed by atoms with E-state index in [9.17, 15) is 58.2 Å². The minimum atomic E-state index is -1.61. The largest absolute Gasteiger partial charge is 0.394 e. The predicted molar refractivity (Wildman–Crippen MR) is 288 cm³/mol. The fraction of sp³-hybridized carbons (Fsp3) is 0.607. The van der Waals surface area contributed by atoms with E-state index in [0.717, 1.165) is 0 Å². The summed E-state index contributed by atoms with van der Waals surface area (Å²) >= 11 is 0. The van der Waals surface area contributed by atoms with Crippen molar-refractivity contribution in [1.82, 2.24) is 52.3 Å². The highest BCUT2D eigenvalue weighted by atomic mass is 16.3. The number of nitrogens with one attached hydrogen (secondary N) is 8. The average Bonchev–Trinajstić information content (AvgIpc) is 4.10. The van der Waals surface area contributed by atoms with Crippen LogP contribution in [0.3, 0.4) is 0 Å². The van der Waals surface area contributed by atoms with Crippen molar-refractivity contribution in [2.75, 3.05) is 26.3 Å². The van der Waals surface area contributed by atoms with Crippen LogP contribution in [0.1, 0.15) is 105 Å². The molecule has 3 heterocycles. The van der Waals surface area contributed by atoms with E-state index in [1.807, 2.05) is 27.7 Å². The molecule has 0 aliphatic carbocycles. The van der Waals surface area contributed by atoms with Crippen LogP contribution in [0.2, 0.25) is 0 Å². The van der Waals surface area contributed by atoms with Crippen LogP contribution in [-0.2, 0) is 60.8 Å². The molecule has 0 aromatic heterocycles. The number of carbonyl (C=O) groups is 10. The van der Waals surface area contributed by atoms with Crippen molar-refractivity contribution in [3.05, 3.63) is 71.8 Å². The van der Waals surface area contributed by atoms with Gasteiger partial charge in [-0.15, -0.1) is 0 Å². The van der Waals surface area contributed by atoms with Crippen LogP contribution in [-0.4, -0.2) is 166 Å². The van der Waals surface area contributed by atoms with Gasteiger partial charge in [0.1, 0.15) is 60.4 Å². The number of hydrogen-bond acceptors (Lipinski definition) is 12. The minimum Gasteiger partial charge on any atom is -0.394 e. The molecule has 0 spiro atoms. The van der Waals surface area contributed by atoms with Crippen LogP contribution in [0.15, 0.2) is 60.7 Å². The lowest BCUT2D eigenvalue weighted by molar-refractivity contribution is -0.143. The molecule has 3 saturated heterocycles. The SMILES string of the molecule is CC(C)C[C@@H]1NC(=O)[C@H](CO)NC(=O)[C@H](C(C)C)NC(=O)[C@@H]2CCCN2C(=O)[C@@H](Cc2ccccc2)NC(=O)[C@H](CC(C)C)NC(=O)[C@H](CO)NC(=O)[C@H](C(C)C)NC(=O)[C@@H]2CCCN2C(=O)[C@@H](Cc2ccccc2)NC1=O. The quantitative estimate of drug-likeness (QED) is 0.132. The maximum Gasteiger partial charge on any atom is 0.246 e. The van der Waals surface area contributed by atoms with E-state index in [1.54, 1.807) is 88.4 Å². The van der Waals surface area contributed by atoms with E-state index in [4.69, 9.17) is 0 Å². The Kier molecular flexibility index (Phi) is 23.1. The molecular formula is C56H82N10O12. The summed E-state index contributed by atoms with van der Waals surface area (Å²) in [6, 6.07) is 4.62. The standard InChI is InChI=1S/C56H82N10O12/c1-31(2)25-37-47(69)59-39(27-35-17-11-9-12-18-35)55(77)65-23-15-21-43(65)51(73)64-46(34(7)8)54(76)62-42(30-68)50(72)58-38(26-32(3)4)48(70)60-40(28-36-19-13-10-14-20-36)56(78)66-24-16-22-44(66)52(74)63-45(33(5)6)53(75)61-41(29-67)49(71)57-37/h9-14,17-20,31-34,37-46,67-68H,15-16,21-30H2,1-8H3,(H,57,71)(H,58,72)(H,59,69)(H,60,70)(H,61,75)(H,62,76)(H,63,74)(H,64,73)/t37-,38-,39+,40+,41-,42-,43-,44-,45-,46-/m0/s1. The Morgan fingerprint density at radius 2 is 0.718 bits per heavy atom. The zero-order chi connectivity index (χ0) is 57.4. The molecule has 10 amide bonds. The van der Waals surface area contributed by atoms with Gasteiger partial charge in [0, 0.05) is 25.9 Å². The molecule has 10 atom stereocenters. The number of aliphatic hydroxyl groups is 2. The highest BCUT2D eigenvalue weighted by Crippen LogP contribution is 2.23. The third kappa shape index (κ3) is 17.0. The second-order valence-corrected chi connectivity index (χ2v) is 22.2. The molecule has 3 fully saturated rings. The third-order valence-corrected chi connectivity index (χ3v) is 14.3. The topological polar surface area (TPSA) is 314 Å². The van der Waals surface area contributed by atoms with Gasteiger partial charge in [0.05, 0.1) is 13.2 Å². The maximum atomic E-state index is 14.7. The molecule has 5 rings (SSSR count). The van der Waals surface area contributed by atoms with Crippen molar-refractivity contribution in [2.24, 2.45) is 23.7 Å². The Morgan fingerprint density at radius 3 is 1.03 bits per heavy atom. The lowest BCUT2D eigenvalue weighted by atomic mass is 9.99. The molecule has 3 aliphatic rings. The van der Waals surface area contributed by atoms with Gasteiger partial charge in [0.15, 0.2) is 0 Å². The maximum absolute atomic E-state index is 14.7. The van der Waals surface area contributed by atoms with Crippen LogP contribution in [0.4, 0.5) is 0 Å². The Morgan fingerprint density at radius 1 is 0.410 bits per heavy atom. The van der Waals surface area contributed by atoms with Crippen molar-refractivity contribution in [3.8, 4) is 0 Å². The first kappa shape index (κ1) is 61.9. The fourth-order valence-electron chi connectivity index (χ4n) is 10.1. The summed E-state index contributed by atoms with van der Waals surface area (Å²) < 4.78 is 0. The number of rotatable bonds is 12. The van der Waals surface area contributed by atoms with E-state index in [2.05, 4.69) is 42.5 Å². The normalized spacial score (nSPS) is 27.3. The van der Waals surface area contributed by atoms with Crippen molar-refractivity contribution in [3.63, 3.8) is 0 Å². The molecular weight excluding hydrogens is 1000 g/mol. The summed E-state index contributed by atoms with van der Waals surface area (Å²) in [6.45, 7) is 12.3. The number of benzene rings is 2. The molecule has 22 heteroatoms. The van der Waals surface area contributed by atoms with E-state index < -0.39 is 145 Å². The molecule has 22 nitrogen and oxygen atoms in total. The van der Waals surface area contributed by atoms with Crippen LogP contribution in [0.5, 0.6) is 0 Å². The number of aliphatic hydroxyl groups excluding tert-OH is 2. The van der Waals surface area contributed by atoms with Crippen LogP contribution < -0.4 is 42.5 Å². The molecule has 428 valence electrons. The second-order valence-electron chi connectivity index (χ2n) is 22.2. The van der Waals surface area contributed by atoms with Crippen LogP contribution in [0.25, 0.3) is 0 Å². The summed E-state index contributed by atoms with van der Waals surface area (Å²) in [7, 11) is 0. The second kappa shape index (κ2) is 29.2. The highest BCUT2D eigenvalue weighted by molar-refractivity contribution is 6.00. The number of fused-ring (bicyclic) bond motifs is 2. The summed E-state index contributed by atoms with van der Waals surface area (Å²) in [6.07, 6.45) is 1.30. The smallest absolute Gasteiger partial charge is 0.246 e. The predicted octanol–water partition coefficient (Wildman–Crippen LogP) is -0.265. The molecule has 0 saturated carbocycles. The highest BCUT2D eigenvalue weighted by Gasteiger charge is 2.43. The summed E-state index contributed by atoms with van der Waals surface area (Å²) in [5.41, 5.74) is 1.34. The molecule has 2 aromatic rings. The van der Waals surface area contributed by atoms with Gasteiger partial charge in [-0.2, -0.15) is 0 Å². The van der Waals surface area contributed by atoms with Crippen LogP contribution >= 0.6 is 0 Å². The molecule has 2 aromatic carbocycles. The molecule has 0 radical (unpaired) electrons. The van der Waals surface area contributed by atoms with E-state index >= 15 is 0 Å². The monoisotopic (exact) mass is 1090 g/mol. The Labute approximate surface area is 457 Å². The van der Waals surface area contributed by atoms with Gasteiger partial charge < -0.3 is 62.5 Å². The van der Waals surface area contributed by atoms with E-state index in [-0.39, 0.29) is 63.5 Å². The molecule has 0 bridgehead atoms. The van der Waals surface area contributed by atoms with Crippen molar-refractivity contribution in [1.29, 1.82) is 0 Å². The lowest BCUT2D eigenvalue weighted by Crippen LogP contribution is -2.62. The van der Waals surface area contributed by atoms with Gasteiger partial charge >= 0.3 is 0 Å². The Bertz CT molecular complexity index is 2260. The van der Waals surface area contributed by atoms with Crippen molar-refractivity contribution in [2.45, 2.75) is 167 Å². The molecule has 0 unspecified atom stereocenters. The zero-order valence-electron chi connectivity index (χ0n) is 46.2. The minimum absolute atomic E-state index is 0.0153. The Balaban J connectivity index is 1.55. The number of nitrogens with zero attached hydrogens (tertiary/aromatic N) is 2. The zero-order valence-corrected chi connectivity index (χ0v) is 46.2. The first-order valence-corrected chi connectivity index (χ1v) is 27.4. The first-order chi connectivity index (χ1) is 37.0. The third-order valence-electron chi connectivity index (χ3n) is 14.3. The van der Waals surface area contributed by atoms with Crippen molar-refractivity contribution >= 4 is 59.1 Å². The van der Waals surface area contributed by atoms with Gasteiger partial charge in [-0.25, -0.2) is 0 Å². The summed E-state index contributed by atoms with van der Waals surface area (Å²) in [5, 5.41) is 42.5. The lowest BCUT2D eigenvalue weighted by Gasteiger charge is -2.32. The molecule has 10 N–H and O–H groups in total. The van der Waals surface area contributed by atoms with E-state index in [0.29, 0.717) is 24.0 Å². The number of amides is 10. The van der Waals surface area contributed by atoms with Crippen LogP contribution in [0, 0.1) is 23.7 Å². The summed E-state index contributed by atoms with van der Waals surface area (Å²) in [5.74, 6) is -9.15. The first-order valence-electron chi connectivity index (χ1n) is 27.4. The fourth-order valence-corrected chi connectivity index (χ4v) is 10.1. The van der Waals surface area contributed by atoms with Crippen molar-refractivity contribution < 1.29 is 58.2 Å². The molecule has 78 heavy (non-hydrogen) atoms. The summed E-state index contributed by atoms with van der Waals surface area (Å²) in [4.78, 5) is 146. The van der Waals surface area contributed by atoms with Gasteiger partial charge in [0.2, 0.25) is 59.1 Å².